The van der Waals surface area contributed by atoms with Crippen molar-refractivity contribution in [2.24, 2.45) is 5.73 Å². The van der Waals surface area contributed by atoms with Gasteiger partial charge in [0.2, 0.25) is 0 Å². The fourth-order valence-electron chi connectivity index (χ4n) is 0.240. The molecule has 0 aromatic heterocycles. The molecule has 0 atom stereocenters. The van der Waals surface area contributed by atoms with Crippen molar-refractivity contribution in [1.29, 1.82) is 10.5 Å². The molecule has 15 heavy (non-hydrogen) atoms. The number of carbonyl (C=O) groups is 2. The summed E-state index contributed by atoms with van der Waals surface area (Å²) in [5.41, 5.74) is 4.33. The van der Waals surface area contributed by atoms with Gasteiger partial charge >= 0.3 is 11.9 Å². The number of aliphatic carboxylic acids is 2. The van der Waals surface area contributed by atoms with Crippen LogP contribution in [0.25, 0.3) is 0 Å². The van der Waals surface area contributed by atoms with Gasteiger partial charge < -0.3 is 15.9 Å². The summed E-state index contributed by atoms with van der Waals surface area (Å²) in [6.07, 6.45) is 2.45. The Bertz CT molecular complexity index is 370. The molecule has 0 rings (SSSR count). The Balaban J connectivity index is 0. The van der Waals surface area contributed by atoms with Crippen LogP contribution in [0.5, 0.6) is 0 Å². The molecule has 0 saturated heterocycles. The predicted molar refractivity (Wildman–Crippen MR) is 47.9 cm³/mol. The zero-order valence-electron chi connectivity index (χ0n) is 7.41. The van der Waals surface area contributed by atoms with E-state index in [-0.39, 0.29) is 0 Å². The van der Waals surface area contributed by atoms with Crippen molar-refractivity contribution < 1.29 is 19.8 Å². The van der Waals surface area contributed by atoms with Crippen molar-refractivity contribution in [2.75, 3.05) is 0 Å². The van der Waals surface area contributed by atoms with Crippen LogP contribution in [0.4, 0.5) is 0 Å². The highest BCUT2D eigenvalue weighted by Gasteiger charge is 1.96. The molecule has 0 saturated carbocycles. The van der Waals surface area contributed by atoms with Crippen LogP contribution in [-0.2, 0) is 9.59 Å². The number of carboxylic acids is 2. The first-order valence-corrected chi connectivity index (χ1v) is 3.33. The summed E-state index contributed by atoms with van der Waals surface area (Å²) in [5.74, 6) is -2.37. The number of nitrogens with zero attached hydrogens (tertiary/aromatic N) is 2. The smallest absolute Gasteiger partial charge is 0.352 e. The Morgan fingerprint density at radius 3 is 1.87 bits per heavy atom. The van der Waals surface area contributed by atoms with Crippen LogP contribution in [0.1, 0.15) is 0 Å². The van der Waals surface area contributed by atoms with E-state index < -0.39 is 17.6 Å². The van der Waals surface area contributed by atoms with Crippen molar-refractivity contribution in [3.05, 3.63) is 23.9 Å². The third-order valence-electron chi connectivity index (χ3n) is 0.767. The van der Waals surface area contributed by atoms with Crippen LogP contribution in [0.15, 0.2) is 23.9 Å². The summed E-state index contributed by atoms with van der Waals surface area (Å²) in [4.78, 5) is 19.3. The third kappa shape index (κ3) is 14.1. The van der Waals surface area contributed by atoms with E-state index in [1.807, 2.05) is 0 Å². The Labute approximate surface area is 85.0 Å². The molecule has 78 valence electrons. The summed E-state index contributed by atoms with van der Waals surface area (Å²) in [5, 5.41) is 31.3. The number of carboxylic acid groups (broad SMARTS) is 2. The lowest BCUT2D eigenvalue weighted by molar-refractivity contribution is -0.133. The topological polar surface area (TPSA) is 148 Å². The maximum Gasteiger partial charge on any atom is 0.352 e. The molecule has 0 amide bonds. The molecule has 0 unspecified atom stereocenters. The highest BCUT2D eigenvalue weighted by Crippen LogP contribution is 1.78. The van der Waals surface area contributed by atoms with E-state index in [0.29, 0.717) is 0 Å². The van der Waals surface area contributed by atoms with Gasteiger partial charge in [-0.3, -0.25) is 0 Å². The maximum absolute atomic E-state index is 9.74. The lowest BCUT2D eigenvalue weighted by Crippen LogP contribution is -2.08. The van der Waals surface area contributed by atoms with Gasteiger partial charge in [0, 0.05) is 18.2 Å². The van der Waals surface area contributed by atoms with Crippen LogP contribution in [0, 0.1) is 22.7 Å². The first-order valence-electron chi connectivity index (χ1n) is 3.33. The van der Waals surface area contributed by atoms with Gasteiger partial charge in [-0.15, -0.1) is 0 Å². The van der Waals surface area contributed by atoms with E-state index >= 15 is 0 Å². The molecule has 7 nitrogen and oxygen atoms in total. The van der Waals surface area contributed by atoms with Gasteiger partial charge in [-0.2, -0.15) is 10.5 Å². The van der Waals surface area contributed by atoms with E-state index in [0.717, 1.165) is 18.2 Å². The lowest BCUT2D eigenvalue weighted by Gasteiger charge is -1.83. The quantitative estimate of drug-likeness (QED) is 0.413. The third-order valence-corrected chi connectivity index (χ3v) is 0.767. The molecule has 0 aliphatic rings. The molecule has 0 aromatic carbocycles. The Kier molecular flexibility index (Phi) is 9.11. The highest BCUT2D eigenvalue weighted by molar-refractivity contribution is 5.85. The molecule has 0 fully saturated rings. The van der Waals surface area contributed by atoms with Gasteiger partial charge in [-0.05, 0) is 0 Å². The lowest BCUT2D eigenvalue weighted by atomic mass is 10.4. The van der Waals surface area contributed by atoms with Gasteiger partial charge in [0.25, 0.3) is 0 Å². The second-order valence-electron chi connectivity index (χ2n) is 1.83. The van der Waals surface area contributed by atoms with Crippen molar-refractivity contribution in [3.63, 3.8) is 0 Å². The fraction of sp³-hybridized carbons (Fsp3) is 0. The van der Waals surface area contributed by atoms with Crippen molar-refractivity contribution in [1.82, 2.24) is 0 Å². The van der Waals surface area contributed by atoms with E-state index in [4.69, 9.17) is 26.5 Å². The number of allylic oxidation sites excluding steroid dienone is 2. The number of hydrogen-bond acceptors (Lipinski definition) is 5. The molecule has 0 bridgehead atoms. The van der Waals surface area contributed by atoms with Gasteiger partial charge in [0.15, 0.2) is 0 Å². The molecule has 0 aliphatic carbocycles. The molecule has 0 aromatic rings. The Morgan fingerprint density at radius 2 is 1.73 bits per heavy atom. The van der Waals surface area contributed by atoms with Gasteiger partial charge in [-0.1, -0.05) is 0 Å². The molecule has 0 spiro atoms. The van der Waals surface area contributed by atoms with Gasteiger partial charge in [0.05, 0.1) is 12.1 Å². The average molecular weight is 209 g/mol. The van der Waals surface area contributed by atoms with E-state index in [1.165, 1.54) is 12.1 Å². The van der Waals surface area contributed by atoms with Gasteiger partial charge in [-0.25, -0.2) is 9.59 Å². The molecule has 4 N–H and O–H groups in total. The van der Waals surface area contributed by atoms with E-state index in [1.54, 1.807) is 0 Å². The number of hydrogen-bond donors (Lipinski definition) is 3. The molecular formula is C8H7N3O4. The monoisotopic (exact) mass is 209 g/mol. The van der Waals surface area contributed by atoms with Crippen molar-refractivity contribution in [3.8, 4) is 12.1 Å². The molecular weight excluding hydrogens is 202 g/mol. The second-order valence-corrected chi connectivity index (χ2v) is 1.83. The second kappa shape index (κ2) is 9.29. The summed E-state index contributed by atoms with van der Waals surface area (Å²) in [6, 6.07) is 3.02. The highest BCUT2D eigenvalue weighted by atomic mass is 16.4. The number of nitriles is 2. The Morgan fingerprint density at radius 1 is 1.20 bits per heavy atom. The van der Waals surface area contributed by atoms with Crippen LogP contribution in [-0.4, -0.2) is 22.2 Å². The minimum absolute atomic E-state index is 0.437. The standard InChI is InChI=1S/C4H4N2O2.C4H3NO2/c5-2-1-3(6)4(7)8;5-3-1-2-4(6)7/h1H,6H2,(H,7,8);1-2H,(H,6,7). The first kappa shape index (κ1) is 14.7. The summed E-state index contributed by atoms with van der Waals surface area (Å²) >= 11 is 0. The normalized spacial score (nSPS) is 9.33. The summed E-state index contributed by atoms with van der Waals surface area (Å²) in [6.45, 7) is 0. The molecule has 7 heteroatoms. The number of nitrogens with two attached hydrogens (primary N) is 1. The summed E-state index contributed by atoms with van der Waals surface area (Å²) < 4.78 is 0. The van der Waals surface area contributed by atoms with Crippen LogP contribution in [0.3, 0.4) is 0 Å². The first-order chi connectivity index (χ1) is 6.95. The largest absolute Gasteiger partial charge is 0.478 e. The fourth-order valence-corrected chi connectivity index (χ4v) is 0.240. The maximum atomic E-state index is 9.74. The number of rotatable bonds is 2. The Hall–Kier alpha value is -2.80. The van der Waals surface area contributed by atoms with Crippen LogP contribution >= 0.6 is 0 Å². The predicted octanol–water partition coefficient (Wildman–Crippen LogP) is -0.412. The zero-order valence-corrected chi connectivity index (χ0v) is 7.41. The molecule has 0 radical (unpaired) electrons. The summed E-state index contributed by atoms with van der Waals surface area (Å²) in [7, 11) is 0. The minimum Gasteiger partial charge on any atom is -0.478 e. The van der Waals surface area contributed by atoms with Crippen molar-refractivity contribution >= 4 is 11.9 Å². The molecule has 0 aliphatic heterocycles. The van der Waals surface area contributed by atoms with E-state index in [2.05, 4.69) is 0 Å². The van der Waals surface area contributed by atoms with Crippen LogP contribution < -0.4 is 5.73 Å². The van der Waals surface area contributed by atoms with E-state index in [9.17, 15) is 9.59 Å². The van der Waals surface area contributed by atoms with Crippen molar-refractivity contribution in [2.45, 2.75) is 0 Å². The zero-order chi connectivity index (χ0) is 12.3. The minimum atomic E-state index is -1.27. The average Bonchev–Trinajstić information content (AvgIpc) is 2.16. The van der Waals surface area contributed by atoms with Gasteiger partial charge in [0.1, 0.15) is 5.70 Å². The molecule has 0 heterocycles. The SMILES string of the molecule is N#CC=C(N)C(=O)O.N#CC=CC(=O)O. The van der Waals surface area contributed by atoms with Crippen LogP contribution in [0.2, 0.25) is 0 Å².